The van der Waals surface area contributed by atoms with Gasteiger partial charge in [-0.05, 0) is 74.8 Å². The summed E-state index contributed by atoms with van der Waals surface area (Å²) in [6.07, 6.45) is 14.1. The molecule has 3 atom stereocenters. The maximum absolute atomic E-state index is 6.04. The number of dihydropyridines is 1. The fraction of sp³-hybridized carbons (Fsp3) is 0.682. The maximum Gasteiger partial charge on any atom is 0.0963 e. The predicted molar refractivity (Wildman–Crippen MR) is 104 cm³/mol. The molecule has 0 aromatic heterocycles. The SMILES string of the molecule is CC1=NC2CC2C(C2=CC=C(OCCCN3CCC[C@H](C)C3)CC2)=C1. The molecule has 0 aromatic rings. The van der Waals surface area contributed by atoms with E-state index in [2.05, 4.69) is 42.0 Å². The molecular formula is C22H32N2O. The molecule has 0 radical (unpaired) electrons. The van der Waals surface area contributed by atoms with Crippen molar-refractivity contribution >= 4 is 5.71 Å². The summed E-state index contributed by atoms with van der Waals surface area (Å²) in [5.41, 5.74) is 4.26. The molecule has 0 N–H and O–H groups in total. The fourth-order valence-corrected chi connectivity index (χ4v) is 4.58. The number of rotatable bonds is 6. The molecule has 2 fully saturated rings. The van der Waals surface area contributed by atoms with Gasteiger partial charge in [0.2, 0.25) is 0 Å². The van der Waals surface area contributed by atoms with Crippen LogP contribution in [0.5, 0.6) is 0 Å². The van der Waals surface area contributed by atoms with Crippen molar-refractivity contribution in [2.75, 3.05) is 26.2 Å². The molecule has 4 rings (SSSR count). The molecule has 1 saturated heterocycles. The molecule has 136 valence electrons. The zero-order valence-electron chi connectivity index (χ0n) is 15.8. The van der Waals surface area contributed by atoms with E-state index in [4.69, 9.17) is 4.74 Å². The predicted octanol–water partition coefficient (Wildman–Crippen LogP) is 4.52. The van der Waals surface area contributed by atoms with E-state index in [-0.39, 0.29) is 0 Å². The van der Waals surface area contributed by atoms with Gasteiger partial charge in [0, 0.05) is 31.1 Å². The van der Waals surface area contributed by atoms with Gasteiger partial charge in [0.15, 0.2) is 0 Å². The number of piperidine rings is 1. The molecule has 1 saturated carbocycles. The first-order valence-electron chi connectivity index (χ1n) is 10.2. The van der Waals surface area contributed by atoms with E-state index in [0.717, 1.165) is 31.8 Å². The Balaban J connectivity index is 1.23. The second kappa shape index (κ2) is 7.49. The van der Waals surface area contributed by atoms with Gasteiger partial charge in [-0.3, -0.25) is 4.99 Å². The average Bonchev–Trinajstić information content (AvgIpc) is 3.38. The lowest BCUT2D eigenvalue weighted by Crippen LogP contribution is -2.35. The number of nitrogens with zero attached hydrogens (tertiary/aromatic N) is 2. The Hall–Kier alpha value is -1.35. The highest BCUT2D eigenvalue weighted by molar-refractivity contribution is 5.95. The molecule has 4 aliphatic rings. The van der Waals surface area contributed by atoms with Crippen molar-refractivity contribution in [3.63, 3.8) is 0 Å². The normalized spacial score (nSPS) is 32.2. The van der Waals surface area contributed by atoms with Gasteiger partial charge in [0.25, 0.3) is 0 Å². The van der Waals surface area contributed by atoms with Crippen molar-refractivity contribution in [3.05, 3.63) is 35.1 Å². The zero-order valence-corrected chi connectivity index (χ0v) is 15.8. The van der Waals surface area contributed by atoms with E-state index in [0.29, 0.717) is 12.0 Å². The molecule has 0 spiro atoms. The van der Waals surface area contributed by atoms with Crippen LogP contribution in [-0.2, 0) is 4.74 Å². The van der Waals surface area contributed by atoms with Crippen molar-refractivity contribution in [1.82, 2.24) is 4.90 Å². The first kappa shape index (κ1) is 17.1. The van der Waals surface area contributed by atoms with Crippen molar-refractivity contribution in [1.29, 1.82) is 0 Å². The van der Waals surface area contributed by atoms with E-state index in [1.807, 2.05) is 0 Å². The lowest BCUT2D eigenvalue weighted by atomic mass is 9.91. The Morgan fingerprint density at radius 1 is 1.28 bits per heavy atom. The number of hydrogen-bond acceptors (Lipinski definition) is 3. The van der Waals surface area contributed by atoms with E-state index < -0.39 is 0 Å². The Labute approximate surface area is 152 Å². The van der Waals surface area contributed by atoms with Gasteiger partial charge in [0.1, 0.15) is 0 Å². The highest BCUT2D eigenvalue weighted by Gasteiger charge is 2.42. The van der Waals surface area contributed by atoms with Gasteiger partial charge in [-0.2, -0.15) is 0 Å². The van der Waals surface area contributed by atoms with Crippen molar-refractivity contribution in [3.8, 4) is 0 Å². The molecule has 3 nitrogen and oxygen atoms in total. The molecule has 2 aliphatic heterocycles. The minimum Gasteiger partial charge on any atom is -0.498 e. The van der Waals surface area contributed by atoms with E-state index in [9.17, 15) is 0 Å². The second-order valence-electron chi connectivity index (χ2n) is 8.35. The molecule has 2 aliphatic carbocycles. The van der Waals surface area contributed by atoms with Gasteiger partial charge in [-0.1, -0.05) is 13.0 Å². The van der Waals surface area contributed by atoms with Gasteiger partial charge in [-0.25, -0.2) is 0 Å². The van der Waals surface area contributed by atoms with Gasteiger partial charge in [-0.15, -0.1) is 0 Å². The molecule has 25 heavy (non-hydrogen) atoms. The minimum atomic E-state index is 0.583. The Morgan fingerprint density at radius 3 is 3.00 bits per heavy atom. The first-order chi connectivity index (χ1) is 12.2. The van der Waals surface area contributed by atoms with Crippen LogP contribution in [0.4, 0.5) is 0 Å². The molecule has 3 heteroatoms. The van der Waals surface area contributed by atoms with Crippen LogP contribution < -0.4 is 0 Å². The highest BCUT2D eigenvalue weighted by atomic mass is 16.5. The molecule has 0 amide bonds. The lowest BCUT2D eigenvalue weighted by molar-refractivity contribution is 0.147. The van der Waals surface area contributed by atoms with Crippen LogP contribution in [0.1, 0.15) is 52.4 Å². The molecule has 2 unspecified atom stereocenters. The summed E-state index contributed by atoms with van der Waals surface area (Å²) in [7, 11) is 0. The molecule has 0 bridgehead atoms. The Morgan fingerprint density at radius 2 is 2.20 bits per heavy atom. The molecular weight excluding hydrogens is 308 g/mol. The summed E-state index contributed by atoms with van der Waals surface area (Å²) < 4.78 is 6.04. The van der Waals surface area contributed by atoms with Crippen LogP contribution in [0.15, 0.2) is 40.1 Å². The minimum absolute atomic E-state index is 0.583. The number of fused-ring (bicyclic) bond motifs is 1. The van der Waals surface area contributed by atoms with Crippen molar-refractivity contribution < 1.29 is 4.74 Å². The van der Waals surface area contributed by atoms with Gasteiger partial charge >= 0.3 is 0 Å². The summed E-state index contributed by atoms with van der Waals surface area (Å²) in [6.45, 7) is 9.10. The summed E-state index contributed by atoms with van der Waals surface area (Å²) in [5.74, 6) is 2.75. The number of likely N-dealkylation sites (tertiary alicyclic amines) is 1. The number of aliphatic imine (C=N–C) groups is 1. The smallest absolute Gasteiger partial charge is 0.0963 e. The topological polar surface area (TPSA) is 24.8 Å². The van der Waals surface area contributed by atoms with E-state index >= 15 is 0 Å². The molecule has 2 heterocycles. The standard InChI is InChI=1S/C22H32N2O/c1-16-5-3-10-24(15-16)11-4-12-25-19-8-6-18(7-9-19)20-13-17(2)23-22-14-21(20)22/h6,8,13,16,21-22H,3-5,7,9-12,14-15H2,1-2H3/t16-,21?,22?/m0/s1. The van der Waals surface area contributed by atoms with E-state index in [1.54, 1.807) is 5.57 Å². The van der Waals surface area contributed by atoms with Crippen LogP contribution >= 0.6 is 0 Å². The van der Waals surface area contributed by atoms with Crippen molar-refractivity contribution in [2.24, 2.45) is 16.8 Å². The van der Waals surface area contributed by atoms with Crippen LogP contribution in [0, 0.1) is 11.8 Å². The summed E-state index contributed by atoms with van der Waals surface area (Å²) in [4.78, 5) is 7.29. The third kappa shape index (κ3) is 4.25. The quantitative estimate of drug-likeness (QED) is 0.664. The Kier molecular flexibility index (Phi) is 5.12. The summed E-state index contributed by atoms with van der Waals surface area (Å²) >= 11 is 0. The largest absolute Gasteiger partial charge is 0.498 e. The Bertz CT molecular complexity index is 628. The van der Waals surface area contributed by atoms with Crippen molar-refractivity contribution in [2.45, 2.75) is 58.4 Å². The van der Waals surface area contributed by atoms with Gasteiger partial charge < -0.3 is 9.64 Å². The number of ether oxygens (including phenoxy) is 1. The average molecular weight is 341 g/mol. The third-order valence-electron chi connectivity index (χ3n) is 6.02. The third-order valence-corrected chi connectivity index (χ3v) is 6.02. The summed E-state index contributed by atoms with van der Waals surface area (Å²) in [5, 5.41) is 0. The molecule has 0 aromatic carbocycles. The monoisotopic (exact) mass is 340 g/mol. The van der Waals surface area contributed by atoms with Gasteiger partial charge in [0.05, 0.1) is 18.4 Å². The highest BCUT2D eigenvalue weighted by Crippen LogP contribution is 2.47. The van der Waals surface area contributed by atoms with Crippen LogP contribution in [0.25, 0.3) is 0 Å². The summed E-state index contributed by atoms with van der Waals surface area (Å²) in [6, 6.07) is 0.583. The zero-order chi connectivity index (χ0) is 17.2. The maximum atomic E-state index is 6.04. The van der Waals surface area contributed by atoms with Crippen LogP contribution in [-0.4, -0.2) is 42.9 Å². The number of hydrogen-bond donors (Lipinski definition) is 0. The van der Waals surface area contributed by atoms with Crippen LogP contribution in [0.3, 0.4) is 0 Å². The van der Waals surface area contributed by atoms with E-state index in [1.165, 1.54) is 55.9 Å². The van der Waals surface area contributed by atoms with Crippen LogP contribution in [0.2, 0.25) is 0 Å². The second-order valence-corrected chi connectivity index (χ2v) is 8.35. The number of allylic oxidation sites excluding steroid dienone is 5. The first-order valence-corrected chi connectivity index (χ1v) is 10.2. The lowest BCUT2D eigenvalue weighted by Gasteiger charge is -2.30. The fourth-order valence-electron chi connectivity index (χ4n) is 4.58.